The summed E-state index contributed by atoms with van der Waals surface area (Å²) >= 11 is 0. The third-order valence-corrected chi connectivity index (χ3v) is 5.34. The Morgan fingerprint density at radius 1 is 1.03 bits per heavy atom. The van der Waals surface area contributed by atoms with Crippen LogP contribution in [-0.4, -0.2) is 27.4 Å². The summed E-state index contributed by atoms with van der Waals surface area (Å²) in [6.07, 6.45) is 0. The summed E-state index contributed by atoms with van der Waals surface area (Å²) in [4.78, 5) is 19.2. The van der Waals surface area contributed by atoms with E-state index in [2.05, 4.69) is 9.55 Å². The third kappa shape index (κ3) is 3.40. The molecule has 0 radical (unpaired) electrons. The lowest BCUT2D eigenvalue weighted by molar-refractivity contribution is 0.0740. The fourth-order valence-electron chi connectivity index (χ4n) is 3.64. The maximum Gasteiger partial charge on any atom is 0.254 e. The second-order valence-electron chi connectivity index (χ2n) is 7.15. The number of hydrogen-bond donors (Lipinski definition) is 0. The maximum atomic E-state index is 14.1. The van der Waals surface area contributed by atoms with Crippen LogP contribution in [0.15, 0.2) is 72.8 Å². The van der Waals surface area contributed by atoms with Gasteiger partial charge in [-0.1, -0.05) is 36.4 Å². The van der Waals surface area contributed by atoms with Gasteiger partial charge in [0.2, 0.25) is 0 Å². The van der Waals surface area contributed by atoms with E-state index in [0.29, 0.717) is 11.1 Å². The summed E-state index contributed by atoms with van der Waals surface area (Å²) in [6, 6.07) is 21.7. The molecular weight excluding hydrogens is 365 g/mol. The molecule has 0 bridgehead atoms. The molecule has 4 nitrogen and oxygen atoms in total. The Balaban J connectivity index is 1.68. The lowest BCUT2D eigenvalue weighted by atomic mass is 10.1. The van der Waals surface area contributed by atoms with Crippen LogP contribution in [0.3, 0.4) is 0 Å². The van der Waals surface area contributed by atoms with E-state index in [1.54, 1.807) is 42.3 Å². The van der Waals surface area contributed by atoms with Crippen LogP contribution in [0.1, 0.15) is 34.7 Å². The summed E-state index contributed by atoms with van der Waals surface area (Å²) in [5, 5.41) is 0. The van der Waals surface area contributed by atoms with Gasteiger partial charge >= 0.3 is 0 Å². The summed E-state index contributed by atoms with van der Waals surface area (Å²) < 4.78 is 16.2. The van der Waals surface area contributed by atoms with Crippen molar-refractivity contribution in [2.24, 2.45) is 0 Å². The zero-order valence-corrected chi connectivity index (χ0v) is 16.6. The van der Waals surface area contributed by atoms with Crippen LogP contribution >= 0.6 is 0 Å². The number of aryl methyl sites for hydroxylation is 1. The number of imidazole rings is 1. The van der Waals surface area contributed by atoms with Crippen molar-refractivity contribution >= 4 is 16.9 Å². The van der Waals surface area contributed by atoms with Crippen molar-refractivity contribution in [1.82, 2.24) is 14.5 Å². The first-order chi connectivity index (χ1) is 14.0. The van der Waals surface area contributed by atoms with Gasteiger partial charge in [-0.05, 0) is 50.2 Å². The van der Waals surface area contributed by atoms with Crippen LogP contribution in [0.4, 0.5) is 4.39 Å². The van der Waals surface area contributed by atoms with Gasteiger partial charge in [0.15, 0.2) is 0 Å². The fourth-order valence-corrected chi connectivity index (χ4v) is 3.64. The number of hydrogen-bond acceptors (Lipinski definition) is 2. The summed E-state index contributed by atoms with van der Waals surface area (Å²) in [6.45, 7) is 3.77. The second-order valence-corrected chi connectivity index (χ2v) is 7.15. The predicted molar refractivity (Wildman–Crippen MR) is 113 cm³/mol. The number of rotatable bonds is 4. The zero-order valence-electron chi connectivity index (χ0n) is 16.6. The van der Waals surface area contributed by atoms with Gasteiger partial charge in [-0.3, -0.25) is 9.36 Å². The predicted octanol–water partition coefficient (Wildman–Crippen LogP) is 5.31. The lowest BCUT2D eigenvalue weighted by Gasteiger charge is -2.25. The Hall–Kier alpha value is -3.47. The highest BCUT2D eigenvalue weighted by atomic mass is 19.1. The molecule has 1 heterocycles. The lowest BCUT2D eigenvalue weighted by Crippen LogP contribution is -2.30. The minimum Gasteiger partial charge on any atom is -0.335 e. The first kappa shape index (κ1) is 18.9. The van der Waals surface area contributed by atoms with E-state index >= 15 is 0 Å². The number of nitrogens with zero attached hydrogens (tertiary/aromatic N) is 3. The molecule has 29 heavy (non-hydrogen) atoms. The Bertz CT molecular complexity index is 1180. The molecule has 0 aliphatic rings. The number of benzene rings is 3. The molecule has 3 aromatic carbocycles. The van der Waals surface area contributed by atoms with E-state index in [1.165, 1.54) is 6.07 Å². The molecule has 0 saturated carbocycles. The number of para-hydroxylation sites is 1. The van der Waals surface area contributed by atoms with Crippen molar-refractivity contribution in [2.45, 2.75) is 19.9 Å². The molecule has 0 aliphatic carbocycles. The van der Waals surface area contributed by atoms with E-state index in [4.69, 9.17) is 0 Å². The van der Waals surface area contributed by atoms with Gasteiger partial charge in [-0.15, -0.1) is 0 Å². The largest absolute Gasteiger partial charge is 0.335 e. The average Bonchev–Trinajstić information content (AvgIpc) is 3.08. The topological polar surface area (TPSA) is 38.1 Å². The van der Waals surface area contributed by atoms with E-state index in [0.717, 1.165) is 22.5 Å². The molecule has 146 valence electrons. The standard InChI is InChI=1S/C24H22FN3O/c1-16(20-11-7-8-12-21(20)25)27(3)24(29)18-13-14-23-22(15-18)26-17(2)28(23)19-9-5-4-6-10-19/h4-16H,1-3H3/t16-/m1/s1. The molecule has 4 aromatic rings. The molecular formula is C24H22FN3O. The number of fused-ring (bicyclic) bond motifs is 1. The van der Waals surface area contributed by atoms with Crippen molar-refractivity contribution < 1.29 is 9.18 Å². The number of carbonyl (C=O) groups is 1. The molecule has 0 fully saturated rings. The molecule has 0 saturated heterocycles. The third-order valence-electron chi connectivity index (χ3n) is 5.34. The number of halogens is 1. The molecule has 0 unspecified atom stereocenters. The van der Waals surface area contributed by atoms with Gasteiger partial charge in [0, 0.05) is 23.9 Å². The molecule has 1 atom stereocenters. The van der Waals surface area contributed by atoms with Crippen molar-refractivity contribution in [2.75, 3.05) is 7.05 Å². The second kappa shape index (κ2) is 7.51. The summed E-state index contributed by atoms with van der Waals surface area (Å²) in [7, 11) is 1.69. The van der Waals surface area contributed by atoms with E-state index in [-0.39, 0.29) is 17.8 Å². The Labute approximate surface area is 169 Å². The van der Waals surface area contributed by atoms with Crippen LogP contribution in [0, 0.1) is 12.7 Å². The summed E-state index contributed by atoms with van der Waals surface area (Å²) in [5.74, 6) is 0.366. The quantitative estimate of drug-likeness (QED) is 0.476. The van der Waals surface area contributed by atoms with Crippen LogP contribution in [0.5, 0.6) is 0 Å². The van der Waals surface area contributed by atoms with Gasteiger partial charge in [0.25, 0.3) is 5.91 Å². The smallest absolute Gasteiger partial charge is 0.254 e. The average molecular weight is 387 g/mol. The SMILES string of the molecule is Cc1nc2cc(C(=O)N(C)[C@H](C)c3ccccc3F)ccc2n1-c1ccccc1. The van der Waals surface area contributed by atoms with E-state index in [9.17, 15) is 9.18 Å². The van der Waals surface area contributed by atoms with Gasteiger partial charge in [-0.25, -0.2) is 9.37 Å². The highest BCUT2D eigenvalue weighted by molar-refractivity contribution is 5.97. The van der Waals surface area contributed by atoms with Crippen LogP contribution in [-0.2, 0) is 0 Å². The van der Waals surface area contributed by atoms with Crippen molar-refractivity contribution in [3.63, 3.8) is 0 Å². The number of carbonyl (C=O) groups excluding carboxylic acids is 1. The molecule has 4 rings (SSSR count). The minimum atomic E-state index is -0.386. The van der Waals surface area contributed by atoms with E-state index < -0.39 is 0 Å². The van der Waals surface area contributed by atoms with Gasteiger partial charge in [0.05, 0.1) is 17.1 Å². The first-order valence-corrected chi connectivity index (χ1v) is 9.53. The number of aromatic nitrogens is 2. The fraction of sp³-hybridized carbons (Fsp3) is 0.167. The van der Waals surface area contributed by atoms with Crippen molar-refractivity contribution in [1.29, 1.82) is 0 Å². The molecule has 1 amide bonds. The first-order valence-electron chi connectivity index (χ1n) is 9.53. The number of amides is 1. The highest BCUT2D eigenvalue weighted by Gasteiger charge is 2.22. The van der Waals surface area contributed by atoms with Crippen LogP contribution < -0.4 is 0 Å². The van der Waals surface area contributed by atoms with Crippen molar-refractivity contribution in [3.05, 3.63) is 95.6 Å². The summed E-state index contributed by atoms with van der Waals surface area (Å²) in [5.41, 5.74) is 3.74. The van der Waals surface area contributed by atoms with Gasteiger partial charge in [0.1, 0.15) is 11.6 Å². The maximum absolute atomic E-state index is 14.1. The minimum absolute atomic E-state index is 0.172. The monoisotopic (exact) mass is 387 g/mol. The molecule has 0 aliphatic heterocycles. The van der Waals surface area contributed by atoms with Crippen molar-refractivity contribution in [3.8, 4) is 5.69 Å². The van der Waals surface area contributed by atoms with E-state index in [1.807, 2.05) is 50.2 Å². The zero-order chi connectivity index (χ0) is 20.5. The van der Waals surface area contributed by atoms with Crippen LogP contribution in [0.2, 0.25) is 0 Å². The Morgan fingerprint density at radius 3 is 2.45 bits per heavy atom. The molecule has 5 heteroatoms. The molecule has 0 spiro atoms. The normalized spacial score (nSPS) is 12.1. The Kier molecular flexibility index (Phi) is 4.89. The van der Waals surface area contributed by atoms with Gasteiger partial charge in [-0.2, -0.15) is 0 Å². The van der Waals surface area contributed by atoms with Crippen LogP contribution in [0.25, 0.3) is 16.7 Å². The van der Waals surface area contributed by atoms with Gasteiger partial charge < -0.3 is 4.90 Å². The molecule has 1 aromatic heterocycles. The Morgan fingerprint density at radius 2 is 1.72 bits per heavy atom. The molecule has 0 N–H and O–H groups in total. The highest BCUT2D eigenvalue weighted by Crippen LogP contribution is 2.26.